The lowest BCUT2D eigenvalue weighted by atomic mass is 9.87. The lowest BCUT2D eigenvalue weighted by molar-refractivity contribution is 0.156. The molecule has 0 aromatic heterocycles. The third kappa shape index (κ3) is 4.18. The van der Waals surface area contributed by atoms with Crippen LogP contribution in [0.25, 0.3) is 0 Å². The maximum Gasteiger partial charge on any atom is 0.193 e. The van der Waals surface area contributed by atoms with Gasteiger partial charge in [-0.05, 0) is 31.6 Å². The average Bonchev–Trinajstić information content (AvgIpc) is 3.22. The number of likely N-dealkylation sites (tertiary alicyclic amines) is 1. The van der Waals surface area contributed by atoms with Gasteiger partial charge in [-0.1, -0.05) is 6.92 Å². The number of rotatable bonds is 4. The van der Waals surface area contributed by atoms with E-state index in [4.69, 9.17) is 9.73 Å². The Labute approximate surface area is 139 Å². The van der Waals surface area contributed by atoms with Gasteiger partial charge in [0.1, 0.15) is 0 Å². The monoisotopic (exact) mass is 343 g/mol. The zero-order valence-electron chi connectivity index (χ0n) is 14.1. The van der Waals surface area contributed by atoms with Gasteiger partial charge in [0.15, 0.2) is 15.8 Å². The highest BCUT2D eigenvalue weighted by atomic mass is 32.2. The molecule has 0 aliphatic carbocycles. The zero-order chi connectivity index (χ0) is 16.3. The summed E-state index contributed by atoms with van der Waals surface area (Å²) in [6, 6.07) is 0. The molecule has 3 heterocycles. The molecule has 3 aliphatic heterocycles. The first-order chi connectivity index (χ1) is 11.0. The highest BCUT2D eigenvalue weighted by molar-refractivity contribution is 7.91. The van der Waals surface area contributed by atoms with Crippen LogP contribution >= 0.6 is 0 Å². The van der Waals surface area contributed by atoms with Gasteiger partial charge in [0, 0.05) is 38.2 Å². The van der Waals surface area contributed by atoms with Crippen LogP contribution in [0, 0.1) is 11.3 Å². The van der Waals surface area contributed by atoms with Crippen LogP contribution < -0.4 is 5.32 Å². The quantitative estimate of drug-likeness (QED) is 0.606. The number of guanidine groups is 1. The van der Waals surface area contributed by atoms with Gasteiger partial charge in [-0.25, -0.2) is 8.42 Å². The van der Waals surface area contributed by atoms with Gasteiger partial charge in [-0.15, -0.1) is 0 Å². The molecule has 1 spiro atoms. The summed E-state index contributed by atoms with van der Waals surface area (Å²) in [6.07, 6.45) is 4.12. The van der Waals surface area contributed by atoms with Crippen LogP contribution in [0.15, 0.2) is 4.99 Å². The third-order valence-electron chi connectivity index (χ3n) is 5.28. The van der Waals surface area contributed by atoms with Crippen LogP contribution in [0.3, 0.4) is 0 Å². The molecule has 0 amide bonds. The minimum atomic E-state index is -2.82. The molecule has 0 aromatic carbocycles. The fourth-order valence-corrected chi connectivity index (χ4v) is 5.67. The number of ether oxygens (including phenoxy) is 1. The van der Waals surface area contributed by atoms with Crippen molar-refractivity contribution in [1.82, 2.24) is 10.2 Å². The van der Waals surface area contributed by atoms with E-state index in [0.717, 1.165) is 64.5 Å². The number of hydrogen-bond donors (Lipinski definition) is 1. The van der Waals surface area contributed by atoms with E-state index in [2.05, 4.69) is 17.1 Å². The van der Waals surface area contributed by atoms with Crippen LogP contribution in [-0.2, 0) is 14.6 Å². The summed E-state index contributed by atoms with van der Waals surface area (Å²) in [5.74, 6) is 1.77. The molecule has 3 fully saturated rings. The molecule has 1 N–H and O–H groups in total. The van der Waals surface area contributed by atoms with Crippen molar-refractivity contribution >= 4 is 15.8 Å². The van der Waals surface area contributed by atoms with E-state index in [1.54, 1.807) is 0 Å². The van der Waals surface area contributed by atoms with Crippen molar-refractivity contribution in [3.63, 3.8) is 0 Å². The molecule has 0 bridgehead atoms. The first-order valence-electron chi connectivity index (χ1n) is 8.83. The highest BCUT2D eigenvalue weighted by Crippen LogP contribution is 2.38. The number of sulfone groups is 1. The Bertz CT molecular complexity index is 541. The van der Waals surface area contributed by atoms with Crippen molar-refractivity contribution in [2.45, 2.75) is 32.6 Å². The van der Waals surface area contributed by atoms with Crippen LogP contribution in [-0.4, -0.2) is 70.2 Å². The predicted molar refractivity (Wildman–Crippen MR) is 91.4 cm³/mol. The molecule has 0 aromatic rings. The van der Waals surface area contributed by atoms with E-state index in [9.17, 15) is 8.42 Å². The Kier molecular flexibility index (Phi) is 5.16. The fraction of sp³-hybridized carbons (Fsp3) is 0.938. The Morgan fingerprint density at radius 1 is 1.43 bits per heavy atom. The van der Waals surface area contributed by atoms with Crippen molar-refractivity contribution in [1.29, 1.82) is 0 Å². The summed E-state index contributed by atoms with van der Waals surface area (Å²) >= 11 is 0. The molecule has 0 saturated carbocycles. The van der Waals surface area contributed by atoms with Crippen molar-refractivity contribution in [2.24, 2.45) is 16.3 Å². The van der Waals surface area contributed by atoms with Gasteiger partial charge in [0.25, 0.3) is 0 Å². The van der Waals surface area contributed by atoms with Crippen LogP contribution in [0.4, 0.5) is 0 Å². The fourth-order valence-electron chi connectivity index (χ4n) is 3.82. The average molecular weight is 343 g/mol. The van der Waals surface area contributed by atoms with Crippen LogP contribution in [0.2, 0.25) is 0 Å². The normalized spacial score (nSPS) is 33.7. The minimum absolute atomic E-state index is 0.185. The molecular formula is C16H29N3O3S. The lowest BCUT2D eigenvalue weighted by Gasteiger charge is -2.25. The summed E-state index contributed by atoms with van der Waals surface area (Å²) in [5, 5.41) is 3.45. The molecule has 0 radical (unpaired) electrons. The van der Waals surface area contributed by atoms with Gasteiger partial charge in [0.2, 0.25) is 0 Å². The number of nitrogens with zero attached hydrogens (tertiary/aromatic N) is 2. The van der Waals surface area contributed by atoms with Crippen molar-refractivity contribution in [2.75, 3.05) is 50.9 Å². The smallest absolute Gasteiger partial charge is 0.193 e. The molecule has 3 saturated heterocycles. The summed E-state index contributed by atoms with van der Waals surface area (Å²) in [4.78, 5) is 7.11. The second kappa shape index (κ2) is 6.97. The van der Waals surface area contributed by atoms with Crippen molar-refractivity contribution < 1.29 is 13.2 Å². The van der Waals surface area contributed by atoms with Crippen molar-refractivity contribution in [3.05, 3.63) is 0 Å². The third-order valence-corrected chi connectivity index (χ3v) is 7.12. The lowest BCUT2D eigenvalue weighted by Crippen LogP contribution is -2.42. The summed E-state index contributed by atoms with van der Waals surface area (Å²) in [6.45, 7) is 7.43. The highest BCUT2D eigenvalue weighted by Gasteiger charge is 2.42. The maximum absolute atomic E-state index is 11.6. The zero-order valence-corrected chi connectivity index (χ0v) is 14.9. The topological polar surface area (TPSA) is 71.0 Å². The van der Waals surface area contributed by atoms with E-state index in [1.165, 1.54) is 0 Å². The molecule has 3 rings (SSSR count). The largest absolute Gasteiger partial charge is 0.381 e. The predicted octanol–water partition coefficient (Wildman–Crippen LogP) is 0.889. The molecule has 3 aliphatic rings. The van der Waals surface area contributed by atoms with Gasteiger partial charge in [-0.3, -0.25) is 4.99 Å². The molecule has 6 nitrogen and oxygen atoms in total. The van der Waals surface area contributed by atoms with Crippen molar-refractivity contribution in [3.8, 4) is 0 Å². The van der Waals surface area contributed by atoms with Gasteiger partial charge in [0.05, 0.1) is 18.1 Å². The number of aliphatic imine (C=N–C) groups is 1. The summed E-state index contributed by atoms with van der Waals surface area (Å²) in [7, 11) is -2.82. The van der Waals surface area contributed by atoms with E-state index >= 15 is 0 Å². The first-order valence-corrected chi connectivity index (χ1v) is 10.7. The van der Waals surface area contributed by atoms with Gasteiger partial charge >= 0.3 is 0 Å². The Morgan fingerprint density at radius 3 is 2.96 bits per heavy atom. The molecule has 7 heteroatoms. The second-order valence-electron chi connectivity index (χ2n) is 7.33. The molecular weight excluding hydrogens is 314 g/mol. The van der Waals surface area contributed by atoms with E-state index in [1.807, 2.05) is 0 Å². The standard InChI is InChI=1S/C16H29N3O3S/c1-2-6-17-15(18-10-14-3-9-23(20,21)11-14)19-7-4-16(12-19)5-8-22-13-16/h14H,2-13H2,1H3,(H,17,18). The Balaban J connectivity index is 1.62. The number of hydrogen-bond acceptors (Lipinski definition) is 4. The molecule has 2 atom stereocenters. The van der Waals surface area contributed by atoms with Crippen LogP contribution in [0.1, 0.15) is 32.6 Å². The summed E-state index contributed by atoms with van der Waals surface area (Å²) in [5.41, 5.74) is 0.311. The van der Waals surface area contributed by atoms with Gasteiger partial charge in [-0.2, -0.15) is 0 Å². The Hall–Kier alpha value is -0.820. The SMILES string of the molecule is CCCNC(=NCC1CCS(=O)(=O)C1)N1CCC2(CCOC2)C1. The van der Waals surface area contributed by atoms with E-state index < -0.39 is 9.84 Å². The second-order valence-corrected chi connectivity index (χ2v) is 9.56. The minimum Gasteiger partial charge on any atom is -0.381 e. The van der Waals surface area contributed by atoms with E-state index in [0.29, 0.717) is 23.5 Å². The first kappa shape index (κ1) is 17.0. The maximum atomic E-state index is 11.6. The van der Waals surface area contributed by atoms with Gasteiger partial charge < -0.3 is 15.0 Å². The molecule has 132 valence electrons. The number of nitrogens with one attached hydrogen (secondary N) is 1. The summed E-state index contributed by atoms with van der Waals surface area (Å²) < 4.78 is 28.8. The van der Waals surface area contributed by atoms with Crippen LogP contribution in [0.5, 0.6) is 0 Å². The van der Waals surface area contributed by atoms with E-state index in [-0.39, 0.29) is 5.92 Å². The Morgan fingerprint density at radius 2 is 2.30 bits per heavy atom. The molecule has 2 unspecified atom stereocenters. The molecule has 23 heavy (non-hydrogen) atoms.